The van der Waals surface area contributed by atoms with Gasteiger partial charge in [0, 0.05) is 4.47 Å². The van der Waals surface area contributed by atoms with Gasteiger partial charge in [-0.05, 0) is 30.3 Å². The van der Waals surface area contributed by atoms with Gasteiger partial charge >= 0.3 is 0 Å². The van der Waals surface area contributed by atoms with Crippen LogP contribution >= 0.6 is 15.9 Å². The lowest BCUT2D eigenvalue weighted by Gasteiger charge is -2.05. The Bertz CT molecular complexity index is 857. The maximum Gasteiger partial charge on any atom is 0.241 e. The largest absolute Gasteiger partial charge is 0.341 e. The van der Waals surface area contributed by atoms with Crippen molar-refractivity contribution in [3.05, 3.63) is 58.8 Å². The normalized spacial score (nSPS) is 11.9. The third kappa shape index (κ3) is 3.15. The van der Waals surface area contributed by atoms with E-state index in [2.05, 4.69) is 30.6 Å². The number of halogens is 1. The Morgan fingerprint density at radius 2 is 1.95 bits per heavy atom. The summed E-state index contributed by atoms with van der Waals surface area (Å²) in [7, 11) is -3.56. The van der Waals surface area contributed by atoms with Gasteiger partial charge in [-0.1, -0.05) is 34.1 Å². The molecule has 7 heteroatoms. The lowest BCUT2D eigenvalue weighted by atomic mass is 10.3. The van der Waals surface area contributed by atoms with Gasteiger partial charge < -0.3 is 4.98 Å². The second-order valence-corrected chi connectivity index (χ2v) is 7.17. The number of aromatic amines is 1. The molecule has 1 aromatic heterocycles. The fraction of sp³-hybridized carbons (Fsp3) is 0.0714. The molecule has 0 spiro atoms. The summed E-state index contributed by atoms with van der Waals surface area (Å²) in [6.07, 6.45) is 0. The molecule has 0 aliphatic rings. The van der Waals surface area contributed by atoms with Crippen LogP contribution in [-0.2, 0) is 16.6 Å². The van der Waals surface area contributed by atoms with Crippen molar-refractivity contribution in [1.29, 1.82) is 0 Å². The van der Waals surface area contributed by atoms with Crippen molar-refractivity contribution < 1.29 is 8.42 Å². The van der Waals surface area contributed by atoms with Crippen molar-refractivity contribution in [1.82, 2.24) is 14.7 Å². The minimum absolute atomic E-state index is 0.115. The molecule has 5 nitrogen and oxygen atoms in total. The van der Waals surface area contributed by atoms with E-state index in [0.717, 1.165) is 11.0 Å². The zero-order valence-corrected chi connectivity index (χ0v) is 13.3. The van der Waals surface area contributed by atoms with E-state index >= 15 is 0 Å². The zero-order chi connectivity index (χ0) is 14.9. The first-order chi connectivity index (χ1) is 10.0. The number of rotatable bonds is 4. The first-order valence-electron chi connectivity index (χ1n) is 6.23. The number of sulfonamides is 1. The predicted molar refractivity (Wildman–Crippen MR) is 84.3 cm³/mol. The molecule has 0 aliphatic heterocycles. The van der Waals surface area contributed by atoms with Gasteiger partial charge in [0.05, 0.1) is 22.5 Å². The molecule has 2 N–H and O–H groups in total. The number of hydrogen-bond acceptors (Lipinski definition) is 3. The van der Waals surface area contributed by atoms with Crippen LogP contribution in [0, 0.1) is 0 Å². The number of benzene rings is 2. The van der Waals surface area contributed by atoms with Gasteiger partial charge in [0.15, 0.2) is 0 Å². The van der Waals surface area contributed by atoms with Crippen molar-refractivity contribution >= 4 is 37.0 Å². The Labute approximate surface area is 130 Å². The van der Waals surface area contributed by atoms with Crippen molar-refractivity contribution in [3.63, 3.8) is 0 Å². The van der Waals surface area contributed by atoms with E-state index in [1.165, 1.54) is 0 Å². The summed E-state index contributed by atoms with van der Waals surface area (Å²) < 4.78 is 27.7. The molecule has 0 unspecified atom stereocenters. The van der Waals surface area contributed by atoms with Gasteiger partial charge in [-0.25, -0.2) is 18.1 Å². The highest BCUT2D eigenvalue weighted by atomic mass is 79.9. The standard InChI is InChI=1S/C14H12BrN3O2S/c15-10-4-3-5-11(8-10)21(19,20)16-9-14-17-12-6-1-2-7-13(12)18-14/h1-8,16H,9H2,(H,17,18). The SMILES string of the molecule is O=S(=O)(NCc1nc2ccccc2[nH]1)c1cccc(Br)c1. The van der Waals surface area contributed by atoms with Gasteiger partial charge in [-0.2, -0.15) is 0 Å². The fourth-order valence-corrected chi connectivity index (χ4v) is 3.55. The Morgan fingerprint density at radius 1 is 1.14 bits per heavy atom. The molecule has 108 valence electrons. The lowest BCUT2D eigenvalue weighted by molar-refractivity contribution is 0.579. The van der Waals surface area contributed by atoms with Crippen LogP contribution in [0.1, 0.15) is 5.82 Å². The number of nitrogens with one attached hydrogen (secondary N) is 2. The Morgan fingerprint density at radius 3 is 2.71 bits per heavy atom. The second-order valence-electron chi connectivity index (χ2n) is 4.48. The second kappa shape index (κ2) is 5.59. The average molecular weight is 366 g/mol. The molecular weight excluding hydrogens is 354 g/mol. The maximum absolute atomic E-state index is 12.2. The lowest BCUT2D eigenvalue weighted by Crippen LogP contribution is -2.23. The van der Waals surface area contributed by atoms with Crippen LogP contribution in [-0.4, -0.2) is 18.4 Å². The molecule has 0 radical (unpaired) electrons. The number of hydrogen-bond donors (Lipinski definition) is 2. The van der Waals surface area contributed by atoms with Gasteiger partial charge in [0.2, 0.25) is 10.0 Å². The monoisotopic (exact) mass is 365 g/mol. The van der Waals surface area contributed by atoms with Crippen LogP contribution < -0.4 is 4.72 Å². The van der Waals surface area contributed by atoms with Crippen molar-refractivity contribution in [2.45, 2.75) is 11.4 Å². The predicted octanol–water partition coefficient (Wildman–Crippen LogP) is 2.80. The van der Waals surface area contributed by atoms with E-state index < -0.39 is 10.0 Å². The Hall–Kier alpha value is -1.70. The van der Waals surface area contributed by atoms with Gasteiger partial charge in [0.1, 0.15) is 5.82 Å². The topological polar surface area (TPSA) is 74.8 Å². The molecule has 3 aromatic rings. The first kappa shape index (κ1) is 14.2. The van der Waals surface area contributed by atoms with Crippen LogP contribution in [0.15, 0.2) is 57.9 Å². The summed E-state index contributed by atoms with van der Waals surface area (Å²) in [5, 5.41) is 0. The molecule has 2 aromatic carbocycles. The third-order valence-electron chi connectivity index (χ3n) is 2.97. The van der Waals surface area contributed by atoms with E-state index in [1.807, 2.05) is 24.3 Å². The van der Waals surface area contributed by atoms with Crippen molar-refractivity contribution in [2.24, 2.45) is 0 Å². The van der Waals surface area contributed by atoms with Crippen LogP contribution in [0.4, 0.5) is 0 Å². The molecule has 0 amide bonds. The molecule has 21 heavy (non-hydrogen) atoms. The molecule has 0 fully saturated rings. The minimum Gasteiger partial charge on any atom is -0.341 e. The van der Waals surface area contributed by atoms with Crippen LogP contribution in [0.2, 0.25) is 0 Å². The average Bonchev–Trinajstić information content (AvgIpc) is 2.88. The maximum atomic E-state index is 12.2. The molecule has 0 saturated carbocycles. The smallest absolute Gasteiger partial charge is 0.241 e. The van der Waals surface area contributed by atoms with E-state index in [9.17, 15) is 8.42 Å². The molecule has 1 heterocycles. The number of nitrogens with zero attached hydrogens (tertiary/aromatic N) is 1. The molecule has 0 aliphatic carbocycles. The number of H-pyrrole nitrogens is 1. The third-order valence-corrected chi connectivity index (χ3v) is 4.87. The highest BCUT2D eigenvalue weighted by Crippen LogP contribution is 2.16. The van der Waals surface area contributed by atoms with Crippen LogP contribution in [0.25, 0.3) is 11.0 Å². The zero-order valence-electron chi connectivity index (χ0n) is 10.9. The van der Waals surface area contributed by atoms with E-state index in [-0.39, 0.29) is 11.4 Å². The highest BCUT2D eigenvalue weighted by Gasteiger charge is 2.14. The summed E-state index contributed by atoms with van der Waals surface area (Å²) in [6, 6.07) is 14.1. The van der Waals surface area contributed by atoms with E-state index in [4.69, 9.17) is 0 Å². The molecular formula is C14H12BrN3O2S. The van der Waals surface area contributed by atoms with Crippen LogP contribution in [0.5, 0.6) is 0 Å². The highest BCUT2D eigenvalue weighted by molar-refractivity contribution is 9.10. The number of fused-ring (bicyclic) bond motifs is 1. The molecule has 0 saturated heterocycles. The minimum atomic E-state index is -3.56. The molecule has 3 rings (SSSR count). The summed E-state index contributed by atoms with van der Waals surface area (Å²) in [5.41, 5.74) is 1.70. The number of aromatic nitrogens is 2. The van der Waals surface area contributed by atoms with E-state index in [0.29, 0.717) is 10.3 Å². The Balaban J connectivity index is 1.80. The number of para-hydroxylation sites is 2. The number of imidazole rings is 1. The molecule has 0 atom stereocenters. The van der Waals surface area contributed by atoms with Crippen molar-refractivity contribution in [2.75, 3.05) is 0 Å². The molecule has 0 bridgehead atoms. The summed E-state index contributed by atoms with van der Waals surface area (Å²) >= 11 is 3.26. The van der Waals surface area contributed by atoms with E-state index in [1.54, 1.807) is 24.3 Å². The quantitative estimate of drug-likeness (QED) is 0.746. The summed E-state index contributed by atoms with van der Waals surface area (Å²) in [6.45, 7) is 0.115. The van der Waals surface area contributed by atoms with Gasteiger partial charge in [0.25, 0.3) is 0 Å². The summed E-state index contributed by atoms with van der Waals surface area (Å²) in [5.74, 6) is 0.578. The first-order valence-corrected chi connectivity index (χ1v) is 8.51. The summed E-state index contributed by atoms with van der Waals surface area (Å²) in [4.78, 5) is 7.63. The van der Waals surface area contributed by atoms with Gasteiger partial charge in [-0.3, -0.25) is 0 Å². The van der Waals surface area contributed by atoms with Crippen molar-refractivity contribution in [3.8, 4) is 0 Å². The fourth-order valence-electron chi connectivity index (χ4n) is 1.97. The Kier molecular flexibility index (Phi) is 3.79. The van der Waals surface area contributed by atoms with Gasteiger partial charge in [-0.15, -0.1) is 0 Å². The van der Waals surface area contributed by atoms with Crippen LogP contribution in [0.3, 0.4) is 0 Å².